The summed E-state index contributed by atoms with van der Waals surface area (Å²) in [5.74, 6) is -0.907. The number of aliphatic hydroxyl groups is 1. The van der Waals surface area contributed by atoms with Crippen molar-refractivity contribution in [2.75, 3.05) is 0 Å². The summed E-state index contributed by atoms with van der Waals surface area (Å²) in [6.45, 7) is 0.926. The average molecular weight is 94.1 g/mol. The molecule has 0 bridgehead atoms. The van der Waals surface area contributed by atoms with Crippen LogP contribution in [0, 0.1) is 0 Å². The highest BCUT2D eigenvalue weighted by Crippen LogP contribution is 2.00. The van der Waals surface area contributed by atoms with Crippen LogP contribution in [0.4, 0.5) is 8.78 Å². The zero-order valence-corrected chi connectivity index (χ0v) is 3.20. The smallest absolute Gasteiger partial charge is 0.307 e. The molecule has 36 valence electrons. The summed E-state index contributed by atoms with van der Waals surface area (Å²) in [5.41, 5.74) is 0. The number of hydrogen-bond donors (Lipinski definition) is 1. The fourth-order valence-electron chi connectivity index (χ4n) is 0. The second-order valence-corrected chi connectivity index (χ2v) is 0.846. The third-order valence-corrected chi connectivity index (χ3v) is 0.273. The van der Waals surface area contributed by atoms with Gasteiger partial charge in [-0.25, -0.2) is 0 Å². The van der Waals surface area contributed by atoms with Crippen LogP contribution in [0.2, 0.25) is 0 Å². The highest BCUT2D eigenvalue weighted by molar-refractivity contribution is 4.83. The fraction of sp³-hybridized carbons (Fsp3) is 0.333. The Labute approximate surface area is 33.9 Å². The lowest BCUT2D eigenvalue weighted by Crippen LogP contribution is -1.68. The third-order valence-electron chi connectivity index (χ3n) is 0.273. The molecule has 0 amide bonds. The van der Waals surface area contributed by atoms with Gasteiger partial charge in [0.15, 0.2) is 5.76 Å². The van der Waals surface area contributed by atoms with Crippen LogP contribution < -0.4 is 0 Å². The maximum Gasteiger partial charge on any atom is 0.307 e. The van der Waals surface area contributed by atoms with Crippen LogP contribution in [0.15, 0.2) is 11.8 Å². The molecule has 0 saturated heterocycles. The Bertz CT molecular complexity index is 58.9. The Kier molecular flexibility index (Phi) is 1.57. The summed E-state index contributed by atoms with van der Waals surface area (Å²) in [7, 11) is 0. The van der Waals surface area contributed by atoms with E-state index in [2.05, 4.69) is 0 Å². The van der Waals surface area contributed by atoms with Gasteiger partial charge in [-0.05, 0) is 6.92 Å². The summed E-state index contributed by atoms with van der Waals surface area (Å²) in [6.07, 6.45) is -2.02. The monoisotopic (exact) mass is 94.0 g/mol. The van der Waals surface area contributed by atoms with E-state index in [9.17, 15) is 8.78 Å². The molecule has 0 unspecified atom stereocenters. The van der Waals surface area contributed by atoms with E-state index in [0.29, 0.717) is 0 Å². The minimum absolute atomic E-state index is 0.907. The topological polar surface area (TPSA) is 20.2 Å². The highest BCUT2D eigenvalue weighted by Gasteiger charge is 1.90. The van der Waals surface area contributed by atoms with Crippen LogP contribution in [0.1, 0.15) is 6.92 Å². The number of allylic oxidation sites excluding steroid dienone is 1. The number of hydrogen-bond acceptors (Lipinski definition) is 1. The standard InChI is InChI=1S/C3H4F2O/c1-2(6)3(4)5/h6H,1H3. The Morgan fingerprint density at radius 1 is 1.50 bits per heavy atom. The van der Waals surface area contributed by atoms with Crippen molar-refractivity contribution < 1.29 is 13.9 Å². The van der Waals surface area contributed by atoms with Crippen LogP contribution in [0.5, 0.6) is 0 Å². The molecule has 0 spiro atoms. The van der Waals surface area contributed by atoms with Crippen molar-refractivity contribution in [3.63, 3.8) is 0 Å². The van der Waals surface area contributed by atoms with E-state index in [1.165, 1.54) is 0 Å². The number of aliphatic hydroxyl groups excluding tert-OH is 1. The van der Waals surface area contributed by atoms with Crippen molar-refractivity contribution in [2.24, 2.45) is 0 Å². The lowest BCUT2D eigenvalue weighted by molar-refractivity contribution is 0.319. The third kappa shape index (κ3) is 1.69. The molecule has 0 heterocycles. The molecule has 0 rings (SSSR count). The zero-order chi connectivity index (χ0) is 5.15. The molecule has 3 heteroatoms. The highest BCUT2D eigenvalue weighted by atomic mass is 19.3. The molecular weight excluding hydrogens is 90.0 g/mol. The van der Waals surface area contributed by atoms with E-state index in [0.717, 1.165) is 6.92 Å². The Balaban J connectivity index is 3.68. The lowest BCUT2D eigenvalue weighted by Gasteiger charge is -1.78. The second kappa shape index (κ2) is 1.74. The second-order valence-electron chi connectivity index (χ2n) is 0.846. The molecule has 6 heavy (non-hydrogen) atoms. The molecule has 0 atom stereocenters. The van der Waals surface area contributed by atoms with Gasteiger partial charge in [0, 0.05) is 0 Å². The first-order valence-electron chi connectivity index (χ1n) is 1.35. The van der Waals surface area contributed by atoms with Gasteiger partial charge in [0.1, 0.15) is 0 Å². The molecule has 0 aliphatic heterocycles. The van der Waals surface area contributed by atoms with E-state index in [1.54, 1.807) is 0 Å². The summed E-state index contributed by atoms with van der Waals surface area (Å²) < 4.78 is 21.6. The van der Waals surface area contributed by atoms with E-state index >= 15 is 0 Å². The van der Waals surface area contributed by atoms with Gasteiger partial charge in [-0.15, -0.1) is 0 Å². The minimum atomic E-state index is -2.02. The van der Waals surface area contributed by atoms with Gasteiger partial charge in [0.2, 0.25) is 0 Å². The van der Waals surface area contributed by atoms with Crippen LogP contribution in [-0.4, -0.2) is 5.11 Å². The Morgan fingerprint density at radius 2 is 1.67 bits per heavy atom. The predicted octanol–water partition coefficient (Wildman–Crippen LogP) is 1.67. The van der Waals surface area contributed by atoms with Crippen molar-refractivity contribution in [3.8, 4) is 0 Å². The summed E-state index contributed by atoms with van der Waals surface area (Å²) >= 11 is 0. The molecule has 0 fully saturated rings. The Morgan fingerprint density at radius 3 is 1.67 bits per heavy atom. The Hall–Kier alpha value is -0.600. The van der Waals surface area contributed by atoms with E-state index in [-0.39, 0.29) is 0 Å². The minimum Gasteiger partial charge on any atom is -0.507 e. The first-order valence-corrected chi connectivity index (χ1v) is 1.35. The van der Waals surface area contributed by atoms with Crippen molar-refractivity contribution >= 4 is 0 Å². The van der Waals surface area contributed by atoms with E-state index in [1.807, 2.05) is 0 Å². The first-order chi connectivity index (χ1) is 2.64. The van der Waals surface area contributed by atoms with Crippen LogP contribution in [0.25, 0.3) is 0 Å². The molecule has 1 nitrogen and oxygen atoms in total. The van der Waals surface area contributed by atoms with Gasteiger partial charge < -0.3 is 5.11 Å². The molecule has 0 aliphatic carbocycles. The van der Waals surface area contributed by atoms with Gasteiger partial charge >= 0.3 is 6.08 Å². The van der Waals surface area contributed by atoms with Crippen LogP contribution in [-0.2, 0) is 0 Å². The molecule has 0 aromatic carbocycles. The summed E-state index contributed by atoms with van der Waals surface area (Å²) in [5, 5.41) is 7.76. The van der Waals surface area contributed by atoms with Gasteiger partial charge in [-0.2, -0.15) is 8.78 Å². The molecule has 1 N–H and O–H groups in total. The molecule has 0 aromatic rings. The van der Waals surface area contributed by atoms with Crippen LogP contribution in [0.3, 0.4) is 0 Å². The molecule has 0 aliphatic rings. The molecular formula is C3H4F2O. The van der Waals surface area contributed by atoms with Gasteiger partial charge in [-0.1, -0.05) is 0 Å². The average Bonchev–Trinajstić information content (AvgIpc) is 1.36. The summed E-state index contributed by atoms with van der Waals surface area (Å²) in [4.78, 5) is 0. The van der Waals surface area contributed by atoms with E-state index < -0.39 is 11.8 Å². The van der Waals surface area contributed by atoms with Gasteiger partial charge in [-0.3, -0.25) is 0 Å². The fourth-order valence-corrected chi connectivity index (χ4v) is 0. The van der Waals surface area contributed by atoms with Crippen molar-refractivity contribution in [3.05, 3.63) is 11.8 Å². The lowest BCUT2D eigenvalue weighted by atomic mass is 10.6. The van der Waals surface area contributed by atoms with Crippen molar-refractivity contribution in [2.45, 2.75) is 6.92 Å². The van der Waals surface area contributed by atoms with Crippen molar-refractivity contribution in [1.82, 2.24) is 0 Å². The molecule has 0 aromatic heterocycles. The molecule has 0 radical (unpaired) electrons. The molecule has 0 saturated carbocycles. The SMILES string of the molecule is CC(O)=C(F)F. The first kappa shape index (κ1) is 5.40. The maximum absolute atomic E-state index is 10.8. The van der Waals surface area contributed by atoms with E-state index in [4.69, 9.17) is 5.11 Å². The van der Waals surface area contributed by atoms with Crippen molar-refractivity contribution in [1.29, 1.82) is 0 Å². The number of halogens is 2. The maximum atomic E-state index is 10.8. The number of rotatable bonds is 0. The predicted molar refractivity (Wildman–Crippen MR) is 17.5 cm³/mol. The largest absolute Gasteiger partial charge is 0.507 e. The quantitative estimate of drug-likeness (QED) is 0.452. The normalized spacial score (nSPS) is 7.83. The van der Waals surface area contributed by atoms with Gasteiger partial charge in [0.25, 0.3) is 0 Å². The summed E-state index contributed by atoms with van der Waals surface area (Å²) in [6, 6.07) is 0. The van der Waals surface area contributed by atoms with Gasteiger partial charge in [0.05, 0.1) is 0 Å². The van der Waals surface area contributed by atoms with Crippen LogP contribution >= 0.6 is 0 Å². The zero-order valence-electron chi connectivity index (χ0n) is 3.20.